The van der Waals surface area contributed by atoms with Gasteiger partial charge >= 0.3 is 5.97 Å². The maximum atomic E-state index is 11.0. The number of hydrogen-bond acceptors (Lipinski definition) is 3. The SMILES string of the molecule is COc1cccc2c1CCCC2C(N)C(=O)O. The van der Waals surface area contributed by atoms with Crippen LogP contribution in [0, 0.1) is 0 Å². The van der Waals surface area contributed by atoms with E-state index in [-0.39, 0.29) is 5.92 Å². The van der Waals surface area contributed by atoms with Crippen LogP contribution in [0.1, 0.15) is 29.9 Å². The first-order valence-corrected chi connectivity index (χ1v) is 5.79. The first kappa shape index (κ1) is 11.9. The average molecular weight is 235 g/mol. The number of fused-ring (bicyclic) bond motifs is 1. The number of rotatable bonds is 3. The van der Waals surface area contributed by atoms with Crippen LogP contribution in [-0.2, 0) is 11.2 Å². The number of aliphatic carboxylic acids is 1. The molecule has 0 bridgehead atoms. The second-order valence-corrected chi connectivity index (χ2v) is 4.39. The molecule has 92 valence electrons. The molecule has 0 fully saturated rings. The van der Waals surface area contributed by atoms with Crippen LogP contribution in [0.3, 0.4) is 0 Å². The predicted octanol–water partition coefficient (Wildman–Crippen LogP) is 1.53. The van der Waals surface area contributed by atoms with Gasteiger partial charge in [0.25, 0.3) is 0 Å². The first-order chi connectivity index (χ1) is 8.15. The molecule has 0 saturated heterocycles. The maximum absolute atomic E-state index is 11.0. The van der Waals surface area contributed by atoms with Crippen LogP contribution in [0.5, 0.6) is 5.75 Å². The molecule has 3 N–H and O–H groups in total. The highest BCUT2D eigenvalue weighted by molar-refractivity contribution is 5.75. The van der Waals surface area contributed by atoms with E-state index in [1.54, 1.807) is 7.11 Å². The third kappa shape index (κ3) is 2.13. The lowest BCUT2D eigenvalue weighted by Gasteiger charge is -2.29. The van der Waals surface area contributed by atoms with Crippen molar-refractivity contribution in [2.75, 3.05) is 7.11 Å². The van der Waals surface area contributed by atoms with Crippen LogP contribution in [-0.4, -0.2) is 24.2 Å². The molecule has 0 saturated carbocycles. The zero-order chi connectivity index (χ0) is 12.4. The van der Waals surface area contributed by atoms with E-state index in [0.29, 0.717) is 0 Å². The molecule has 0 amide bonds. The van der Waals surface area contributed by atoms with Gasteiger partial charge in [-0.25, -0.2) is 0 Å². The number of methoxy groups -OCH3 is 1. The van der Waals surface area contributed by atoms with E-state index in [1.807, 2.05) is 18.2 Å². The lowest BCUT2D eigenvalue weighted by Crippen LogP contribution is -2.38. The normalized spacial score (nSPS) is 20.5. The Morgan fingerprint density at radius 2 is 2.35 bits per heavy atom. The molecular weight excluding hydrogens is 218 g/mol. The minimum atomic E-state index is -0.939. The Morgan fingerprint density at radius 1 is 1.59 bits per heavy atom. The van der Waals surface area contributed by atoms with Gasteiger partial charge in [-0.1, -0.05) is 12.1 Å². The Kier molecular flexibility index (Phi) is 3.33. The molecule has 2 atom stereocenters. The molecule has 4 heteroatoms. The number of hydrogen-bond donors (Lipinski definition) is 2. The number of carboxylic acid groups (broad SMARTS) is 1. The van der Waals surface area contributed by atoms with E-state index < -0.39 is 12.0 Å². The molecule has 0 heterocycles. The van der Waals surface area contributed by atoms with Gasteiger partial charge in [-0.3, -0.25) is 4.79 Å². The summed E-state index contributed by atoms with van der Waals surface area (Å²) in [7, 11) is 1.64. The van der Waals surface area contributed by atoms with Gasteiger partial charge in [0, 0.05) is 5.92 Å². The molecule has 0 aliphatic heterocycles. The standard InChI is InChI=1S/C13H17NO3/c1-17-11-7-3-4-8-9(11)5-2-6-10(8)12(14)13(15)16/h3-4,7,10,12H,2,5-6,14H2,1H3,(H,15,16). The van der Waals surface area contributed by atoms with Crippen LogP contribution >= 0.6 is 0 Å². The van der Waals surface area contributed by atoms with Gasteiger partial charge in [0.15, 0.2) is 0 Å². The van der Waals surface area contributed by atoms with E-state index >= 15 is 0 Å². The summed E-state index contributed by atoms with van der Waals surface area (Å²) in [5, 5.41) is 9.03. The molecule has 1 aromatic carbocycles. The fourth-order valence-electron chi connectivity index (χ4n) is 2.59. The van der Waals surface area contributed by atoms with Gasteiger partial charge in [0.05, 0.1) is 7.11 Å². The summed E-state index contributed by atoms with van der Waals surface area (Å²) in [4.78, 5) is 11.0. The number of carbonyl (C=O) groups is 1. The van der Waals surface area contributed by atoms with Crippen molar-refractivity contribution in [3.05, 3.63) is 29.3 Å². The summed E-state index contributed by atoms with van der Waals surface area (Å²) in [6.45, 7) is 0. The Labute approximate surface area is 100 Å². The van der Waals surface area contributed by atoms with Gasteiger partial charge in [-0.15, -0.1) is 0 Å². The highest BCUT2D eigenvalue weighted by Gasteiger charge is 2.30. The summed E-state index contributed by atoms with van der Waals surface area (Å²) in [5.41, 5.74) is 7.90. The topological polar surface area (TPSA) is 72.5 Å². The Morgan fingerprint density at radius 3 is 3.00 bits per heavy atom. The fourth-order valence-corrected chi connectivity index (χ4v) is 2.59. The molecule has 17 heavy (non-hydrogen) atoms. The van der Waals surface area contributed by atoms with Gasteiger partial charge in [-0.05, 0) is 36.5 Å². The van der Waals surface area contributed by atoms with Crippen LogP contribution in [0.25, 0.3) is 0 Å². The lowest BCUT2D eigenvalue weighted by molar-refractivity contribution is -0.139. The van der Waals surface area contributed by atoms with Gasteiger partial charge < -0.3 is 15.6 Å². The molecule has 0 spiro atoms. The largest absolute Gasteiger partial charge is 0.496 e. The molecule has 2 rings (SSSR count). The molecule has 2 unspecified atom stereocenters. The van der Waals surface area contributed by atoms with Gasteiger partial charge in [-0.2, -0.15) is 0 Å². The van der Waals surface area contributed by atoms with E-state index in [1.165, 1.54) is 0 Å². The van der Waals surface area contributed by atoms with Crippen molar-refractivity contribution in [2.24, 2.45) is 5.73 Å². The third-order valence-electron chi connectivity index (χ3n) is 3.45. The lowest BCUT2D eigenvalue weighted by atomic mass is 9.78. The maximum Gasteiger partial charge on any atom is 0.321 e. The second kappa shape index (κ2) is 4.75. The molecule has 1 aliphatic rings. The molecule has 1 aromatic rings. The molecule has 0 aromatic heterocycles. The highest BCUT2D eigenvalue weighted by Crippen LogP contribution is 2.37. The third-order valence-corrected chi connectivity index (χ3v) is 3.45. The van der Waals surface area contributed by atoms with Crippen LogP contribution in [0.2, 0.25) is 0 Å². The van der Waals surface area contributed by atoms with Crippen LogP contribution in [0.15, 0.2) is 18.2 Å². The Balaban J connectivity index is 2.41. The number of carboxylic acids is 1. The smallest absolute Gasteiger partial charge is 0.321 e. The average Bonchev–Trinajstić information content (AvgIpc) is 2.36. The summed E-state index contributed by atoms with van der Waals surface area (Å²) in [6, 6.07) is 4.93. The van der Waals surface area contributed by atoms with Crippen molar-refractivity contribution in [1.29, 1.82) is 0 Å². The van der Waals surface area contributed by atoms with Crippen molar-refractivity contribution < 1.29 is 14.6 Å². The fraction of sp³-hybridized carbons (Fsp3) is 0.462. The molecule has 1 aliphatic carbocycles. The van der Waals surface area contributed by atoms with E-state index in [9.17, 15) is 4.79 Å². The first-order valence-electron chi connectivity index (χ1n) is 5.79. The summed E-state index contributed by atoms with van der Waals surface area (Å²) < 4.78 is 5.31. The number of benzene rings is 1. The number of ether oxygens (including phenoxy) is 1. The Bertz CT molecular complexity index is 431. The minimum Gasteiger partial charge on any atom is -0.496 e. The quantitative estimate of drug-likeness (QED) is 0.833. The zero-order valence-corrected chi connectivity index (χ0v) is 9.85. The van der Waals surface area contributed by atoms with Crippen molar-refractivity contribution in [3.8, 4) is 5.75 Å². The zero-order valence-electron chi connectivity index (χ0n) is 9.85. The van der Waals surface area contributed by atoms with Crippen molar-refractivity contribution in [3.63, 3.8) is 0 Å². The van der Waals surface area contributed by atoms with Crippen molar-refractivity contribution >= 4 is 5.97 Å². The monoisotopic (exact) mass is 235 g/mol. The molecule has 4 nitrogen and oxygen atoms in total. The van der Waals surface area contributed by atoms with Crippen LogP contribution < -0.4 is 10.5 Å². The second-order valence-electron chi connectivity index (χ2n) is 4.39. The number of nitrogens with two attached hydrogens (primary N) is 1. The molecule has 0 radical (unpaired) electrons. The van der Waals surface area contributed by atoms with E-state index in [4.69, 9.17) is 15.6 Å². The van der Waals surface area contributed by atoms with Gasteiger partial charge in [0.2, 0.25) is 0 Å². The van der Waals surface area contributed by atoms with Gasteiger partial charge in [0.1, 0.15) is 11.8 Å². The van der Waals surface area contributed by atoms with Crippen molar-refractivity contribution in [1.82, 2.24) is 0 Å². The highest BCUT2D eigenvalue weighted by atomic mass is 16.5. The Hall–Kier alpha value is -1.55. The molecular formula is C13H17NO3. The summed E-state index contributed by atoms with van der Waals surface area (Å²) in [6.07, 6.45) is 2.72. The predicted molar refractivity (Wildman–Crippen MR) is 64.3 cm³/mol. The van der Waals surface area contributed by atoms with Crippen LogP contribution in [0.4, 0.5) is 0 Å². The summed E-state index contributed by atoms with van der Waals surface area (Å²) in [5.74, 6) is -0.207. The van der Waals surface area contributed by atoms with E-state index in [2.05, 4.69) is 0 Å². The minimum absolute atomic E-state index is 0.105. The summed E-state index contributed by atoms with van der Waals surface area (Å²) >= 11 is 0. The van der Waals surface area contributed by atoms with E-state index in [0.717, 1.165) is 36.1 Å². The van der Waals surface area contributed by atoms with Crippen molar-refractivity contribution in [2.45, 2.75) is 31.2 Å².